The van der Waals surface area contributed by atoms with E-state index in [1.165, 1.54) is 12.1 Å². The van der Waals surface area contributed by atoms with Crippen molar-refractivity contribution < 1.29 is 17.9 Å². The average molecular weight is 335 g/mol. The fourth-order valence-electron chi connectivity index (χ4n) is 3.09. The van der Waals surface area contributed by atoms with Crippen LogP contribution in [0.5, 0.6) is 5.75 Å². The van der Waals surface area contributed by atoms with Gasteiger partial charge in [0.15, 0.2) is 0 Å². The molecule has 3 rings (SSSR count). The lowest BCUT2D eigenvalue weighted by Crippen LogP contribution is -2.35. The first-order valence-corrected chi connectivity index (χ1v) is 8.13. The van der Waals surface area contributed by atoms with Crippen LogP contribution in [0.1, 0.15) is 30.1 Å². The second-order valence-corrected chi connectivity index (χ2v) is 6.08. The van der Waals surface area contributed by atoms with Crippen LogP contribution in [0.2, 0.25) is 0 Å². The van der Waals surface area contributed by atoms with E-state index in [0.717, 1.165) is 43.6 Å². The van der Waals surface area contributed by atoms with E-state index < -0.39 is 11.7 Å². The fraction of sp³-hybridized carbons (Fsp3) is 0.368. The van der Waals surface area contributed by atoms with Crippen LogP contribution in [0, 0.1) is 5.92 Å². The molecule has 1 saturated heterocycles. The number of hydrogen-bond acceptors (Lipinski definition) is 2. The molecule has 0 aliphatic carbocycles. The van der Waals surface area contributed by atoms with Crippen LogP contribution in [-0.4, -0.2) is 13.1 Å². The first-order chi connectivity index (χ1) is 11.5. The van der Waals surface area contributed by atoms with E-state index in [9.17, 15) is 13.2 Å². The van der Waals surface area contributed by atoms with Gasteiger partial charge in [0.25, 0.3) is 0 Å². The standard InChI is InChI=1S/C19H20F3NO/c20-19(21,22)16-8-10-17(11-9-16)24-18(14-5-2-1-3-6-14)15-7-4-12-23-13-15/h1-3,5-6,8-11,15,18,23H,4,7,12-13H2. The Labute approximate surface area is 139 Å². The first-order valence-electron chi connectivity index (χ1n) is 8.13. The maximum Gasteiger partial charge on any atom is 0.416 e. The summed E-state index contributed by atoms with van der Waals surface area (Å²) in [6.07, 6.45) is -2.39. The van der Waals surface area contributed by atoms with Crippen molar-refractivity contribution in [2.75, 3.05) is 13.1 Å². The summed E-state index contributed by atoms with van der Waals surface area (Å²) in [5.41, 5.74) is 0.386. The molecule has 128 valence electrons. The fourth-order valence-corrected chi connectivity index (χ4v) is 3.09. The van der Waals surface area contributed by atoms with Crippen molar-refractivity contribution in [3.05, 3.63) is 65.7 Å². The molecule has 0 aromatic heterocycles. The normalized spacial score (nSPS) is 19.7. The molecule has 1 heterocycles. The predicted molar refractivity (Wildman–Crippen MR) is 86.8 cm³/mol. The van der Waals surface area contributed by atoms with E-state index in [1.807, 2.05) is 30.3 Å². The molecule has 2 unspecified atom stereocenters. The molecular formula is C19H20F3NO. The molecule has 0 spiro atoms. The maximum absolute atomic E-state index is 12.7. The molecule has 0 amide bonds. The summed E-state index contributed by atoms with van der Waals surface area (Å²) >= 11 is 0. The number of benzene rings is 2. The predicted octanol–water partition coefficient (Wildman–Crippen LogP) is 4.83. The SMILES string of the molecule is FC(F)(F)c1ccc(OC(c2ccccc2)C2CCCNC2)cc1. The molecular weight excluding hydrogens is 315 g/mol. The van der Waals surface area contributed by atoms with Gasteiger partial charge in [-0.1, -0.05) is 30.3 Å². The molecule has 2 atom stereocenters. The molecule has 1 N–H and O–H groups in total. The third-order valence-electron chi connectivity index (χ3n) is 4.34. The summed E-state index contributed by atoms with van der Waals surface area (Å²) in [6.45, 7) is 1.85. The van der Waals surface area contributed by atoms with Crippen molar-refractivity contribution in [3.8, 4) is 5.75 Å². The summed E-state index contributed by atoms with van der Waals surface area (Å²) in [4.78, 5) is 0. The zero-order valence-electron chi connectivity index (χ0n) is 13.2. The molecule has 1 aliphatic rings. The van der Waals surface area contributed by atoms with Crippen molar-refractivity contribution in [2.24, 2.45) is 5.92 Å². The van der Waals surface area contributed by atoms with Gasteiger partial charge in [-0.05, 0) is 49.2 Å². The van der Waals surface area contributed by atoms with Crippen LogP contribution in [-0.2, 0) is 6.18 Å². The number of alkyl halides is 3. The molecule has 2 nitrogen and oxygen atoms in total. The smallest absolute Gasteiger partial charge is 0.416 e. The Hall–Kier alpha value is -2.01. The molecule has 0 saturated carbocycles. The van der Waals surface area contributed by atoms with Gasteiger partial charge < -0.3 is 10.1 Å². The van der Waals surface area contributed by atoms with E-state index in [-0.39, 0.29) is 6.10 Å². The number of hydrogen-bond donors (Lipinski definition) is 1. The summed E-state index contributed by atoms with van der Waals surface area (Å²) < 4.78 is 44.2. The number of nitrogens with one attached hydrogen (secondary N) is 1. The van der Waals surface area contributed by atoms with E-state index in [2.05, 4.69) is 5.32 Å². The highest BCUT2D eigenvalue weighted by molar-refractivity contribution is 5.30. The average Bonchev–Trinajstić information content (AvgIpc) is 2.61. The van der Waals surface area contributed by atoms with Crippen molar-refractivity contribution in [2.45, 2.75) is 25.1 Å². The quantitative estimate of drug-likeness (QED) is 0.864. The van der Waals surface area contributed by atoms with Gasteiger partial charge in [0.05, 0.1) is 5.56 Å². The van der Waals surface area contributed by atoms with E-state index >= 15 is 0 Å². The topological polar surface area (TPSA) is 21.3 Å². The third kappa shape index (κ3) is 4.09. The van der Waals surface area contributed by atoms with Gasteiger partial charge in [-0.25, -0.2) is 0 Å². The third-order valence-corrected chi connectivity index (χ3v) is 4.34. The molecule has 1 aliphatic heterocycles. The van der Waals surface area contributed by atoms with Crippen molar-refractivity contribution in [1.29, 1.82) is 0 Å². The lowest BCUT2D eigenvalue weighted by atomic mass is 9.89. The molecule has 24 heavy (non-hydrogen) atoms. The number of piperidine rings is 1. The number of rotatable bonds is 4. The van der Waals surface area contributed by atoms with Crippen molar-refractivity contribution in [3.63, 3.8) is 0 Å². The molecule has 2 aromatic carbocycles. The van der Waals surface area contributed by atoms with Crippen LogP contribution >= 0.6 is 0 Å². The Kier molecular flexibility index (Phi) is 5.09. The van der Waals surface area contributed by atoms with Gasteiger partial charge >= 0.3 is 6.18 Å². The Bertz CT molecular complexity index is 634. The zero-order chi connectivity index (χ0) is 17.0. The van der Waals surface area contributed by atoms with Crippen LogP contribution in [0.3, 0.4) is 0 Å². The Morgan fingerprint density at radius 2 is 1.71 bits per heavy atom. The summed E-state index contributed by atoms with van der Waals surface area (Å²) in [5.74, 6) is 0.755. The molecule has 0 radical (unpaired) electrons. The van der Waals surface area contributed by atoms with Crippen molar-refractivity contribution >= 4 is 0 Å². The largest absolute Gasteiger partial charge is 0.485 e. The second-order valence-electron chi connectivity index (χ2n) is 6.08. The van der Waals surface area contributed by atoms with Crippen LogP contribution in [0.25, 0.3) is 0 Å². The highest BCUT2D eigenvalue weighted by Crippen LogP contribution is 2.34. The summed E-state index contributed by atoms with van der Waals surface area (Å²) in [7, 11) is 0. The van der Waals surface area contributed by atoms with Crippen LogP contribution in [0.4, 0.5) is 13.2 Å². The summed E-state index contributed by atoms with van der Waals surface area (Å²) in [6, 6.07) is 14.8. The lowest BCUT2D eigenvalue weighted by molar-refractivity contribution is -0.137. The first kappa shape index (κ1) is 16.8. The monoisotopic (exact) mass is 335 g/mol. The molecule has 0 bridgehead atoms. The Morgan fingerprint density at radius 1 is 1.00 bits per heavy atom. The minimum absolute atomic E-state index is 0.171. The second kappa shape index (κ2) is 7.26. The van der Waals surface area contributed by atoms with Gasteiger partial charge in [-0.15, -0.1) is 0 Å². The Balaban J connectivity index is 1.81. The molecule has 2 aromatic rings. The van der Waals surface area contributed by atoms with E-state index in [1.54, 1.807) is 0 Å². The highest BCUT2D eigenvalue weighted by atomic mass is 19.4. The number of halogens is 3. The van der Waals surface area contributed by atoms with Crippen molar-refractivity contribution in [1.82, 2.24) is 5.32 Å². The van der Waals surface area contributed by atoms with E-state index in [4.69, 9.17) is 4.74 Å². The van der Waals surface area contributed by atoms with Gasteiger partial charge in [-0.2, -0.15) is 13.2 Å². The Morgan fingerprint density at radius 3 is 2.29 bits per heavy atom. The lowest BCUT2D eigenvalue weighted by Gasteiger charge is -2.31. The molecule has 1 fully saturated rings. The van der Waals surface area contributed by atoms with Gasteiger partial charge in [0.1, 0.15) is 11.9 Å². The van der Waals surface area contributed by atoms with Gasteiger partial charge in [0, 0.05) is 12.5 Å². The maximum atomic E-state index is 12.7. The van der Waals surface area contributed by atoms with Crippen LogP contribution < -0.4 is 10.1 Å². The molecule has 5 heteroatoms. The minimum Gasteiger partial charge on any atom is -0.485 e. The minimum atomic E-state index is -4.33. The van der Waals surface area contributed by atoms with Gasteiger partial charge in [0.2, 0.25) is 0 Å². The summed E-state index contributed by atoms with van der Waals surface area (Å²) in [5, 5.41) is 3.37. The van der Waals surface area contributed by atoms with Crippen LogP contribution in [0.15, 0.2) is 54.6 Å². The number of ether oxygens (including phenoxy) is 1. The van der Waals surface area contributed by atoms with Gasteiger partial charge in [-0.3, -0.25) is 0 Å². The highest BCUT2D eigenvalue weighted by Gasteiger charge is 2.31. The van der Waals surface area contributed by atoms with E-state index in [0.29, 0.717) is 11.7 Å². The zero-order valence-corrected chi connectivity index (χ0v) is 13.2.